The molecule has 23 N–H and O–H groups in total. The molecule has 0 aromatic carbocycles. The lowest BCUT2D eigenvalue weighted by Crippen LogP contribution is -2.72. The number of carbonyl (C=O) groups excluding carboxylic acids is 4. The van der Waals surface area contributed by atoms with Gasteiger partial charge in [-0.3, -0.25) is 19.2 Å². The molecule has 6 fully saturated rings. The SMILES string of the molecule is CCCCCCCC/C=C\CCCCCCCCCCCCCC(=O)N[C@@H](CO[C@@H]1OC(CO)[C@@H](O[C@@H]2OC(CO)[C@H](O)[C@H](O[C@@H]3OC(CO)[C@@H](O)[C@H](O[C@@H]4OC(CO)[C@H](O[C@@H]5OC(CO)[C@H](O)[C@H](O)C5NC(C)=O)[C@H](O[C@]5(C(=O)O)CC(O)[C@@H](NC(C)=O)C([C@H](O)[C@H](O)CO)O5)C4O)C3NC(C)=O)C2O)[C@H](O)C1O)[C@H](O)/C=C/CCCCCCCCCCCCC. The van der Waals surface area contributed by atoms with Crippen LogP contribution in [-0.2, 0) is 80.8 Å². The summed E-state index contributed by atoms with van der Waals surface area (Å²) in [7, 11) is 0. The molecular weight excluding hydrogens is 1680 g/mol. The summed E-state index contributed by atoms with van der Waals surface area (Å²) in [5.41, 5.74) is 0. The van der Waals surface area contributed by atoms with Crippen LogP contribution in [0.1, 0.15) is 247 Å². The molecule has 6 aliphatic heterocycles. The van der Waals surface area contributed by atoms with Crippen molar-refractivity contribution < 1.29 is 178 Å². The zero-order valence-electron chi connectivity index (χ0n) is 74.5. The number of aliphatic hydroxyl groups is 18. The third kappa shape index (κ3) is 34.8. The summed E-state index contributed by atoms with van der Waals surface area (Å²) in [5.74, 6) is -8.74. The minimum Gasteiger partial charge on any atom is -0.477 e. The smallest absolute Gasteiger partial charge is 0.364 e. The number of amides is 4. The number of unbranched alkanes of at least 4 members (excludes halogenated alkanes) is 28. The van der Waals surface area contributed by atoms with Gasteiger partial charge in [0.2, 0.25) is 23.6 Å². The minimum atomic E-state index is -3.42. The highest BCUT2D eigenvalue weighted by molar-refractivity contribution is 5.77. The number of nitrogens with one attached hydrogen (secondary N) is 4. The van der Waals surface area contributed by atoms with Crippen LogP contribution >= 0.6 is 0 Å². The Balaban J connectivity index is 1.17. The summed E-state index contributed by atoms with van der Waals surface area (Å²) in [6.07, 6.45) is -16.6. The van der Waals surface area contributed by atoms with E-state index in [0.29, 0.717) is 12.8 Å². The maximum atomic E-state index is 13.8. The number of carbonyl (C=O) groups is 5. The van der Waals surface area contributed by atoms with Gasteiger partial charge in [-0.2, -0.15) is 0 Å². The largest absolute Gasteiger partial charge is 0.477 e. The fourth-order valence-electron chi connectivity index (χ4n) is 17.0. The number of hydrogen-bond acceptors (Lipinski definition) is 35. The molecule has 6 aliphatic rings. The van der Waals surface area contributed by atoms with Crippen LogP contribution in [0.4, 0.5) is 0 Å². The molecule has 0 aromatic rings. The van der Waals surface area contributed by atoms with Crippen LogP contribution in [0.15, 0.2) is 24.3 Å². The van der Waals surface area contributed by atoms with Gasteiger partial charge in [0.05, 0.1) is 70.5 Å². The van der Waals surface area contributed by atoms with Crippen LogP contribution in [0.3, 0.4) is 0 Å². The number of aliphatic hydroxyl groups excluding tert-OH is 18. The van der Waals surface area contributed by atoms with E-state index in [4.69, 9.17) is 56.8 Å². The van der Waals surface area contributed by atoms with Crippen LogP contribution in [0.2, 0.25) is 0 Å². The molecule has 738 valence electrons. The number of allylic oxidation sites excluding steroid dienone is 3. The van der Waals surface area contributed by atoms with Crippen LogP contribution in [0, 0.1) is 0 Å². The van der Waals surface area contributed by atoms with Gasteiger partial charge in [0.1, 0.15) is 140 Å². The minimum absolute atomic E-state index is 0.142. The van der Waals surface area contributed by atoms with E-state index in [2.05, 4.69) is 47.3 Å². The lowest BCUT2D eigenvalue weighted by Gasteiger charge is -2.53. The zero-order valence-corrected chi connectivity index (χ0v) is 74.5. The summed E-state index contributed by atoms with van der Waals surface area (Å²) >= 11 is 0. The molecule has 0 bridgehead atoms. The first-order valence-corrected chi connectivity index (χ1v) is 46.2. The van der Waals surface area contributed by atoms with E-state index in [1.807, 2.05) is 6.08 Å². The average molecular weight is 1830 g/mol. The van der Waals surface area contributed by atoms with Gasteiger partial charge < -0.3 is 175 Å². The molecule has 6 saturated heterocycles. The van der Waals surface area contributed by atoms with E-state index < -0.39 is 278 Å². The van der Waals surface area contributed by atoms with Crippen molar-refractivity contribution in [3.63, 3.8) is 0 Å². The first kappa shape index (κ1) is 111. The van der Waals surface area contributed by atoms with E-state index in [-0.39, 0.29) is 12.3 Å². The third-order valence-corrected chi connectivity index (χ3v) is 24.3. The first-order valence-electron chi connectivity index (χ1n) is 46.2. The Morgan fingerprint density at radius 1 is 0.409 bits per heavy atom. The Labute approximate surface area is 744 Å². The topological polar surface area (TPSA) is 629 Å². The summed E-state index contributed by atoms with van der Waals surface area (Å²) < 4.78 is 72.5. The van der Waals surface area contributed by atoms with Crippen molar-refractivity contribution in [2.75, 3.05) is 46.2 Å². The normalized spacial score (nSPS) is 34.7. The van der Waals surface area contributed by atoms with Gasteiger partial charge in [-0.1, -0.05) is 192 Å². The second-order valence-corrected chi connectivity index (χ2v) is 34.6. The monoisotopic (exact) mass is 1830 g/mol. The molecule has 0 spiro atoms. The molecular formula is C87H154N4O36. The molecule has 6 heterocycles. The predicted octanol–water partition coefficient (Wildman–Crippen LogP) is -0.958. The lowest BCUT2D eigenvalue weighted by atomic mass is 9.88. The average Bonchev–Trinajstić information content (AvgIpc) is 0.747. The Hall–Kier alpha value is -4.37. The second kappa shape index (κ2) is 59.4. The molecule has 33 atom stereocenters. The Bertz CT molecular complexity index is 3120. The van der Waals surface area contributed by atoms with E-state index >= 15 is 0 Å². The van der Waals surface area contributed by atoms with E-state index in [9.17, 15) is 121 Å². The highest BCUT2D eigenvalue weighted by Crippen LogP contribution is 2.42. The summed E-state index contributed by atoms with van der Waals surface area (Å²) in [6.45, 7) is 0.0221. The Morgan fingerprint density at radius 3 is 1.29 bits per heavy atom. The van der Waals surface area contributed by atoms with E-state index in [0.717, 1.165) is 85.0 Å². The van der Waals surface area contributed by atoms with Crippen LogP contribution in [0.5, 0.6) is 0 Å². The summed E-state index contributed by atoms with van der Waals surface area (Å²) in [5, 5.41) is 225. The zero-order chi connectivity index (χ0) is 93.3. The first-order chi connectivity index (χ1) is 60.9. The van der Waals surface area contributed by atoms with E-state index in [1.54, 1.807) is 6.08 Å². The molecule has 4 amide bonds. The highest BCUT2D eigenvalue weighted by Gasteiger charge is 2.63. The Morgan fingerprint density at radius 2 is 0.803 bits per heavy atom. The van der Waals surface area contributed by atoms with Crippen LogP contribution < -0.4 is 21.3 Å². The standard InChI is InChI=1S/C87H154N4O36/c1-6-8-10-12-14-16-18-20-21-22-23-24-25-26-27-29-31-33-35-37-39-41-62(104)91-53(54(101)40-38-36-34-32-30-28-19-17-15-13-11-9-7-2)49-116-83-72(111)71(110)75(60(47-96)120-83)122-84-73(112)79(69(108)59(46-95)119-84)125-82-65(90-52(5)100)77(68(107)58(45-94)118-82)124-85-74(113)80(76(61(48-97)121-85)123-81-64(89-51(4)99)70(109)67(106)57(44-93)117-81)127-87(86(114)115)42-55(102)63(88-50(3)98)78(126-87)66(105)56(103)43-92/h20-21,38,40,53-61,63-85,92-97,101-103,105-113H,6-19,22-37,39,41-49H2,1-5H3,(H,88,98)(H,89,99)(H,90,100)(H,91,104)(H,114,115)/b21-20-,40-38+/t53-,54+,55?,56+,57?,58?,59?,60?,61?,63+,64?,65?,66+,67-,68+,69-,70+,71+,72?,73?,74?,75+,76-,77+,78?,79-,80+,81-,82-,83+,84-,85-,87-/m0/s1. The van der Waals surface area contributed by atoms with Crippen molar-refractivity contribution in [2.24, 2.45) is 0 Å². The number of carboxylic acids is 1. The fourth-order valence-corrected chi connectivity index (χ4v) is 17.0. The quantitative estimate of drug-likeness (QED) is 0.0258. The molecule has 0 aromatic heterocycles. The van der Waals surface area contributed by atoms with Gasteiger partial charge in [0.25, 0.3) is 5.79 Å². The maximum Gasteiger partial charge on any atom is 0.364 e. The number of aliphatic carboxylic acids is 1. The van der Waals surface area contributed by atoms with Gasteiger partial charge in [-0.05, 0) is 44.9 Å². The number of ether oxygens (including phenoxy) is 12. The number of hydrogen-bond donors (Lipinski definition) is 23. The summed E-state index contributed by atoms with van der Waals surface area (Å²) in [6, 6.07) is -6.76. The fraction of sp³-hybridized carbons (Fsp3) is 0.897. The van der Waals surface area contributed by atoms with Gasteiger partial charge >= 0.3 is 5.97 Å². The molecule has 0 aliphatic carbocycles. The molecule has 0 radical (unpaired) electrons. The van der Waals surface area contributed by atoms with Crippen LogP contribution in [-0.4, -0.2) is 375 Å². The van der Waals surface area contributed by atoms with Crippen molar-refractivity contribution in [1.29, 1.82) is 0 Å². The van der Waals surface area contributed by atoms with Gasteiger partial charge in [0, 0.05) is 33.6 Å². The molecule has 40 nitrogen and oxygen atoms in total. The van der Waals surface area contributed by atoms with E-state index in [1.165, 1.54) is 122 Å². The van der Waals surface area contributed by atoms with Crippen LogP contribution in [0.25, 0.3) is 0 Å². The predicted molar refractivity (Wildman–Crippen MR) is 450 cm³/mol. The van der Waals surface area contributed by atoms with Crippen molar-refractivity contribution >= 4 is 29.6 Å². The van der Waals surface area contributed by atoms with Gasteiger partial charge in [-0.25, -0.2) is 4.79 Å². The molecule has 6 rings (SSSR count). The van der Waals surface area contributed by atoms with Gasteiger partial charge in [-0.15, -0.1) is 0 Å². The van der Waals surface area contributed by atoms with Gasteiger partial charge in [0.15, 0.2) is 31.5 Å². The third-order valence-electron chi connectivity index (χ3n) is 24.3. The maximum absolute atomic E-state index is 13.8. The number of carboxylic acid groups (broad SMARTS) is 1. The molecule has 12 unspecified atom stereocenters. The van der Waals surface area contributed by atoms with Crippen molar-refractivity contribution in [1.82, 2.24) is 21.3 Å². The molecule has 0 saturated carbocycles. The molecule has 40 heteroatoms. The van der Waals surface area contributed by atoms with Crippen molar-refractivity contribution in [2.45, 2.75) is 448 Å². The number of rotatable bonds is 61. The lowest BCUT2D eigenvalue weighted by molar-refractivity contribution is -0.400. The highest BCUT2D eigenvalue weighted by atomic mass is 16.8. The summed E-state index contributed by atoms with van der Waals surface area (Å²) in [4.78, 5) is 66.0. The molecule has 127 heavy (non-hydrogen) atoms. The second-order valence-electron chi connectivity index (χ2n) is 34.6. The van der Waals surface area contributed by atoms with Crippen molar-refractivity contribution in [3.05, 3.63) is 24.3 Å². The van der Waals surface area contributed by atoms with Crippen molar-refractivity contribution in [3.8, 4) is 0 Å². The Kier molecular flexibility index (Phi) is 52.1.